The molecule has 1 fully saturated rings. The largest absolute Gasteiger partial charge is 0.458 e. The molecule has 7 heteroatoms. The fourth-order valence-electron chi connectivity index (χ4n) is 1.32. The maximum atomic E-state index is 11.7. The van der Waals surface area contributed by atoms with Crippen molar-refractivity contribution in [2.24, 2.45) is 0 Å². The van der Waals surface area contributed by atoms with E-state index in [4.69, 9.17) is 14.2 Å². The highest BCUT2D eigenvalue weighted by Gasteiger charge is 2.27. The molecule has 0 saturated carbocycles. The Morgan fingerprint density at radius 3 is 2.76 bits per heavy atom. The molecule has 0 atom stereocenters. The van der Waals surface area contributed by atoms with Crippen LogP contribution in [0.2, 0.25) is 0 Å². The molecule has 2 heterocycles. The van der Waals surface area contributed by atoms with Gasteiger partial charge in [0, 0.05) is 0 Å². The lowest BCUT2D eigenvalue weighted by molar-refractivity contribution is -0.0419. The topological polar surface area (TPSA) is 57.7 Å². The standard InChI is InChI=1S/C10H12BrNO4S/c1-5(2)16-9(13)8-12-7(11)6(17-8)10-14-3-4-15-10/h5,10H,3-4H2,1-2H3. The Bertz CT molecular complexity index is 414. The fourth-order valence-corrected chi connectivity index (χ4v) is 2.88. The zero-order valence-corrected chi connectivity index (χ0v) is 11.8. The van der Waals surface area contributed by atoms with Crippen molar-refractivity contribution < 1.29 is 19.0 Å². The van der Waals surface area contributed by atoms with Crippen molar-refractivity contribution in [3.05, 3.63) is 14.5 Å². The SMILES string of the molecule is CC(C)OC(=O)c1nc(Br)c(C2OCCO2)s1. The molecule has 0 radical (unpaired) electrons. The summed E-state index contributed by atoms with van der Waals surface area (Å²) in [5, 5.41) is 0.305. The van der Waals surface area contributed by atoms with Crippen molar-refractivity contribution in [2.75, 3.05) is 13.2 Å². The van der Waals surface area contributed by atoms with Gasteiger partial charge in [-0.15, -0.1) is 11.3 Å². The third kappa shape index (κ3) is 3.04. The summed E-state index contributed by atoms with van der Waals surface area (Å²) in [6.45, 7) is 4.71. The molecule has 1 aromatic heterocycles. The van der Waals surface area contributed by atoms with Crippen LogP contribution < -0.4 is 0 Å². The summed E-state index contributed by atoms with van der Waals surface area (Å²) in [6.07, 6.45) is -0.588. The first kappa shape index (κ1) is 12.9. The normalized spacial score (nSPS) is 16.7. The summed E-state index contributed by atoms with van der Waals surface area (Å²) in [4.78, 5) is 16.5. The van der Waals surface area contributed by atoms with E-state index in [0.717, 1.165) is 4.88 Å². The molecule has 17 heavy (non-hydrogen) atoms. The van der Waals surface area contributed by atoms with Crippen LogP contribution in [0.5, 0.6) is 0 Å². The van der Waals surface area contributed by atoms with E-state index >= 15 is 0 Å². The molecule has 1 aromatic rings. The van der Waals surface area contributed by atoms with Crippen molar-refractivity contribution in [1.29, 1.82) is 0 Å². The lowest BCUT2D eigenvalue weighted by Crippen LogP contribution is -2.11. The fraction of sp³-hybridized carbons (Fsp3) is 0.600. The van der Waals surface area contributed by atoms with E-state index in [1.807, 2.05) is 0 Å². The first-order valence-electron chi connectivity index (χ1n) is 5.18. The van der Waals surface area contributed by atoms with Crippen molar-refractivity contribution in [2.45, 2.75) is 26.2 Å². The van der Waals surface area contributed by atoms with Crippen LogP contribution in [0.4, 0.5) is 0 Å². The minimum absolute atomic E-state index is 0.160. The Morgan fingerprint density at radius 1 is 1.53 bits per heavy atom. The van der Waals surface area contributed by atoms with Gasteiger partial charge in [-0.25, -0.2) is 9.78 Å². The summed E-state index contributed by atoms with van der Waals surface area (Å²) in [7, 11) is 0. The lowest BCUT2D eigenvalue weighted by atomic mass is 10.5. The van der Waals surface area contributed by atoms with E-state index in [-0.39, 0.29) is 6.10 Å². The molecule has 0 aliphatic carbocycles. The van der Waals surface area contributed by atoms with Crippen molar-refractivity contribution in [1.82, 2.24) is 4.98 Å². The van der Waals surface area contributed by atoms with E-state index in [9.17, 15) is 4.79 Å². The first-order valence-corrected chi connectivity index (χ1v) is 6.79. The van der Waals surface area contributed by atoms with Crippen LogP contribution in [0, 0.1) is 0 Å². The molecule has 0 aromatic carbocycles. The van der Waals surface area contributed by atoms with Crippen LogP contribution in [0.15, 0.2) is 4.60 Å². The van der Waals surface area contributed by atoms with E-state index < -0.39 is 12.3 Å². The highest BCUT2D eigenvalue weighted by atomic mass is 79.9. The minimum Gasteiger partial charge on any atom is -0.458 e. The van der Waals surface area contributed by atoms with E-state index in [1.54, 1.807) is 13.8 Å². The van der Waals surface area contributed by atoms with Gasteiger partial charge >= 0.3 is 5.97 Å². The number of ether oxygens (including phenoxy) is 3. The number of hydrogen-bond acceptors (Lipinski definition) is 6. The number of rotatable bonds is 3. The predicted molar refractivity (Wildman–Crippen MR) is 65.0 cm³/mol. The number of hydrogen-bond donors (Lipinski definition) is 0. The number of carbonyl (C=O) groups excluding carboxylic acids is 1. The molecule has 0 unspecified atom stereocenters. The minimum atomic E-state index is -0.428. The molecule has 2 rings (SSSR count). The van der Waals surface area contributed by atoms with Gasteiger partial charge in [0.25, 0.3) is 0 Å². The number of aromatic nitrogens is 1. The van der Waals surface area contributed by atoms with Crippen molar-refractivity contribution in [3.63, 3.8) is 0 Å². The van der Waals surface area contributed by atoms with Gasteiger partial charge in [-0.1, -0.05) is 0 Å². The zero-order valence-electron chi connectivity index (χ0n) is 9.44. The number of esters is 1. The molecular formula is C10H12BrNO4S. The highest BCUT2D eigenvalue weighted by molar-refractivity contribution is 9.10. The van der Waals surface area contributed by atoms with Crippen molar-refractivity contribution in [3.8, 4) is 0 Å². The summed E-state index contributed by atoms with van der Waals surface area (Å²) >= 11 is 4.52. The predicted octanol–water partition coefficient (Wildman–Crippen LogP) is 2.52. The summed E-state index contributed by atoms with van der Waals surface area (Å²) in [5.41, 5.74) is 0. The van der Waals surface area contributed by atoms with E-state index in [0.29, 0.717) is 22.8 Å². The Balaban J connectivity index is 2.15. The van der Waals surface area contributed by atoms with Gasteiger partial charge in [0.2, 0.25) is 5.01 Å². The van der Waals surface area contributed by atoms with Gasteiger partial charge < -0.3 is 14.2 Å². The van der Waals surface area contributed by atoms with Crippen LogP contribution in [0.1, 0.15) is 34.8 Å². The summed E-state index contributed by atoms with van der Waals surface area (Å²) in [6, 6.07) is 0. The van der Waals surface area contributed by atoms with Gasteiger partial charge in [-0.2, -0.15) is 0 Å². The number of nitrogens with zero attached hydrogens (tertiary/aromatic N) is 1. The Kier molecular flexibility index (Phi) is 4.13. The molecule has 0 spiro atoms. The molecule has 1 aliphatic rings. The van der Waals surface area contributed by atoms with Crippen LogP contribution >= 0.6 is 27.3 Å². The van der Waals surface area contributed by atoms with Gasteiger partial charge in [0.05, 0.1) is 24.2 Å². The van der Waals surface area contributed by atoms with Crippen LogP contribution in [0.3, 0.4) is 0 Å². The van der Waals surface area contributed by atoms with Crippen molar-refractivity contribution >= 4 is 33.2 Å². The Labute approximate surface area is 111 Å². The molecule has 0 N–H and O–H groups in total. The second kappa shape index (κ2) is 5.43. The number of halogens is 1. The average molecular weight is 322 g/mol. The smallest absolute Gasteiger partial charge is 0.367 e. The van der Waals surface area contributed by atoms with Crippen LogP contribution in [0.25, 0.3) is 0 Å². The molecule has 0 amide bonds. The third-order valence-corrected chi connectivity index (χ3v) is 3.89. The van der Waals surface area contributed by atoms with Gasteiger partial charge in [0.15, 0.2) is 6.29 Å². The quantitative estimate of drug-likeness (QED) is 0.801. The molecule has 0 bridgehead atoms. The Hall–Kier alpha value is -0.500. The molecule has 1 aliphatic heterocycles. The van der Waals surface area contributed by atoms with Crippen LogP contribution in [-0.4, -0.2) is 30.3 Å². The summed E-state index contributed by atoms with van der Waals surface area (Å²) < 4.78 is 16.4. The van der Waals surface area contributed by atoms with E-state index in [2.05, 4.69) is 20.9 Å². The molecular weight excluding hydrogens is 310 g/mol. The lowest BCUT2D eigenvalue weighted by Gasteiger charge is -2.05. The monoisotopic (exact) mass is 321 g/mol. The second-order valence-corrected chi connectivity index (χ2v) is 5.48. The van der Waals surface area contributed by atoms with E-state index in [1.165, 1.54) is 11.3 Å². The maximum absolute atomic E-state index is 11.7. The van der Waals surface area contributed by atoms with Gasteiger partial charge in [-0.05, 0) is 29.8 Å². The molecule has 94 valence electrons. The third-order valence-electron chi connectivity index (χ3n) is 1.96. The van der Waals surface area contributed by atoms with Gasteiger partial charge in [0.1, 0.15) is 4.60 Å². The van der Waals surface area contributed by atoms with Crippen LogP contribution in [-0.2, 0) is 14.2 Å². The second-order valence-electron chi connectivity index (χ2n) is 3.70. The number of thiazole rings is 1. The summed E-state index contributed by atoms with van der Waals surface area (Å²) in [5.74, 6) is -0.421. The Morgan fingerprint density at radius 2 is 2.18 bits per heavy atom. The van der Waals surface area contributed by atoms with Gasteiger partial charge in [-0.3, -0.25) is 0 Å². The maximum Gasteiger partial charge on any atom is 0.367 e. The number of carbonyl (C=O) groups is 1. The first-order chi connectivity index (χ1) is 8.08. The highest BCUT2D eigenvalue weighted by Crippen LogP contribution is 2.34. The molecule has 5 nitrogen and oxygen atoms in total. The average Bonchev–Trinajstić information content (AvgIpc) is 2.84. The molecule has 1 saturated heterocycles. The zero-order chi connectivity index (χ0) is 12.4.